The molecule has 4 N–H and O–H groups in total. The zero-order chi connectivity index (χ0) is 29.8. The maximum Gasteiger partial charge on any atom is 0.240 e. The van der Waals surface area contributed by atoms with Crippen molar-refractivity contribution in [3.63, 3.8) is 0 Å². The van der Waals surface area contributed by atoms with Gasteiger partial charge in [0.05, 0.1) is 35.2 Å². The fourth-order valence-electron chi connectivity index (χ4n) is 5.85. The number of anilines is 3. The monoisotopic (exact) mass is 602 g/mol. The number of nitrogens with zero attached hydrogens (tertiary/aromatic N) is 2. The van der Waals surface area contributed by atoms with E-state index in [0.29, 0.717) is 42.7 Å². The van der Waals surface area contributed by atoms with Gasteiger partial charge in [0.15, 0.2) is 0 Å². The highest BCUT2D eigenvalue weighted by Crippen LogP contribution is 2.28. The molecule has 4 aromatic rings. The number of amides is 1. The van der Waals surface area contributed by atoms with Gasteiger partial charge in [-0.15, -0.1) is 0 Å². The Bertz CT molecular complexity index is 1640. The van der Waals surface area contributed by atoms with Crippen LogP contribution in [-0.2, 0) is 19.6 Å². The summed E-state index contributed by atoms with van der Waals surface area (Å²) in [5.41, 5.74) is 4.39. The van der Waals surface area contributed by atoms with E-state index in [1.807, 2.05) is 49.4 Å². The van der Waals surface area contributed by atoms with Gasteiger partial charge >= 0.3 is 0 Å². The molecule has 1 saturated carbocycles. The molecular formula is C32H38N6O4S. The molecule has 1 aromatic heterocycles. The normalized spacial score (nSPS) is 20.1. The molecule has 1 saturated heterocycles. The number of H-pyrrole nitrogens is 1. The van der Waals surface area contributed by atoms with Gasteiger partial charge in [-0.25, -0.2) is 18.1 Å². The van der Waals surface area contributed by atoms with Crippen molar-refractivity contribution in [2.24, 2.45) is 5.92 Å². The van der Waals surface area contributed by atoms with Gasteiger partial charge in [-0.3, -0.25) is 4.79 Å². The van der Waals surface area contributed by atoms with Gasteiger partial charge in [-0.05, 0) is 80.6 Å². The number of fused-ring (bicyclic) bond motifs is 1. The minimum absolute atomic E-state index is 0.0276. The van der Waals surface area contributed by atoms with Crippen LogP contribution in [0.3, 0.4) is 0 Å². The van der Waals surface area contributed by atoms with E-state index in [9.17, 15) is 13.2 Å². The van der Waals surface area contributed by atoms with Crippen molar-refractivity contribution in [1.29, 1.82) is 0 Å². The van der Waals surface area contributed by atoms with Crippen LogP contribution in [0.2, 0.25) is 0 Å². The maximum atomic E-state index is 13.3. The summed E-state index contributed by atoms with van der Waals surface area (Å²) < 4.78 is 34.8. The lowest BCUT2D eigenvalue weighted by Gasteiger charge is -2.29. The van der Waals surface area contributed by atoms with E-state index in [4.69, 9.17) is 4.74 Å². The number of aromatic nitrogens is 2. The third-order valence-electron chi connectivity index (χ3n) is 8.35. The zero-order valence-electron chi connectivity index (χ0n) is 24.3. The minimum Gasteiger partial charge on any atom is -0.378 e. The smallest absolute Gasteiger partial charge is 0.240 e. The summed E-state index contributed by atoms with van der Waals surface area (Å²) in [6, 6.07) is 22.6. The average molecular weight is 603 g/mol. The number of hydrogen-bond donors (Lipinski definition) is 4. The lowest BCUT2D eigenvalue weighted by molar-refractivity contribution is -0.126. The lowest BCUT2D eigenvalue weighted by atomic mass is 9.85. The summed E-state index contributed by atoms with van der Waals surface area (Å²) in [6.45, 7) is 5.21. The number of carbonyl (C=O) groups is 1. The molecule has 1 aliphatic carbocycles. The third kappa shape index (κ3) is 7.01. The van der Waals surface area contributed by atoms with Crippen molar-refractivity contribution in [2.75, 3.05) is 36.5 Å². The Kier molecular flexibility index (Phi) is 8.64. The van der Waals surface area contributed by atoms with Crippen molar-refractivity contribution in [3.05, 3.63) is 78.4 Å². The molecule has 1 aliphatic heterocycles. The number of morpholine rings is 1. The second kappa shape index (κ2) is 12.7. The van der Waals surface area contributed by atoms with Crippen LogP contribution in [-0.4, -0.2) is 56.6 Å². The summed E-state index contributed by atoms with van der Waals surface area (Å²) in [5.74, 6) is 0.448. The molecule has 10 nitrogen and oxygen atoms in total. The lowest BCUT2D eigenvalue weighted by Crippen LogP contribution is -2.41. The van der Waals surface area contributed by atoms with E-state index in [1.54, 1.807) is 18.2 Å². The molecular weight excluding hydrogens is 564 g/mol. The second-order valence-electron chi connectivity index (χ2n) is 11.3. The van der Waals surface area contributed by atoms with E-state index < -0.39 is 10.0 Å². The fourth-order valence-corrected chi connectivity index (χ4v) is 7.18. The molecule has 2 aliphatic rings. The van der Waals surface area contributed by atoms with Gasteiger partial charge in [0.25, 0.3) is 0 Å². The largest absolute Gasteiger partial charge is 0.378 e. The Balaban J connectivity index is 1.04. The minimum atomic E-state index is -3.74. The van der Waals surface area contributed by atoms with E-state index in [1.165, 1.54) is 0 Å². The molecule has 2 heterocycles. The highest BCUT2D eigenvalue weighted by atomic mass is 32.2. The highest BCUT2D eigenvalue weighted by Gasteiger charge is 2.30. The molecule has 1 amide bonds. The van der Waals surface area contributed by atoms with Gasteiger partial charge in [0, 0.05) is 36.4 Å². The first-order valence-electron chi connectivity index (χ1n) is 14.9. The van der Waals surface area contributed by atoms with E-state index in [0.717, 1.165) is 43.2 Å². The molecule has 0 spiro atoms. The molecule has 11 heteroatoms. The number of benzene rings is 3. The molecule has 43 heavy (non-hydrogen) atoms. The number of imidazole rings is 1. The second-order valence-corrected chi connectivity index (χ2v) is 13.1. The van der Waals surface area contributed by atoms with Crippen molar-refractivity contribution in [1.82, 2.24) is 20.0 Å². The number of hydrogen-bond acceptors (Lipinski definition) is 7. The van der Waals surface area contributed by atoms with Crippen LogP contribution in [0.1, 0.15) is 44.2 Å². The number of ether oxygens (including phenoxy) is 1. The first-order valence-corrected chi connectivity index (χ1v) is 16.4. The first-order chi connectivity index (χ1) is 20.8. The van der Waals surface area contributed by atoms with Gasteiger partial charge in [0.1, 0.15) is 0 Å². The summed E-state index contributed by atoms with van der Waals surface area (Å²) >= 11 is 0. The predicted octanol–water partition coefficient (Wildman–Crippen LogP) is 4.86. The van der Waals surface area contributed by atoms with Crippen molar-refractivity contribution >= 4 is 44.3 Å². The topological polar surface area (TPSA) is 128 Å². The van der Waals surface area contributed by atoms with Crippen molar-refractivity contribution < 1.29 is 17.9 Å². The number of carbonyl (C=O) groups excluding carboxylic acids is 1. The SMILES string of the molecule is C[C@@H](NC(=O)C1CCC(NS(=O)(=O)c2ccc3nc(Nc4ccc(N5CCOCC5)cc4)[nH]c3c2)CC1)c1ccccc1. The third-order valence-corrected chi connectivity index (χ3v) is 9.87. The first kappa shape index (κ1) is 29.2. The van der Waals surface area contributed by atoms with Gasteiger partial charge in [0.2, 0.25) is 21.9 Å². The summed E-state index contributed by atoms with van der Waals surface area (Å²) in [6.07, 6.45) is 2.51. The van der Waals surface area contributed by atoms with Crippen LogP contribution in [0.15, 0.2) is 77.7 Å². The van der Waals surface area contributed by atoms with Crippen LogP contribution in [0.5, 0.6) is 0 Å². The van der Waals surface area contributed by atoms with E-state index in [-0.39, 0.29) is 28.8 Å². The van der Waals surface area contributed by atoms with Gasteiger partial charge < -0.3 is 25.3 Å². The van der Waals surface area contributed by atoms with Crippen LogP contribution < -0.4 is 20.3 Å². The Morgan fingerprint density at radius 2 is 1.70 bits per heavy atom. The number of nitrogens with one attached hydrogen (secondary N) is 4. The predicted molar refractivity (Wildman–Crippen MR) is 168 cm³/mol. The Morgan fingerprint density at radius 3 is 2.42 bits per heavy atom. The molecule has 6 rings (SSSR count). The van der Waals surface area contributed by atoms with Crippen molar-refractivity contribution in [2.45, 2.75) is 49.6 Å². The fraction of sp³-hybridized carbons (Fsp3) is 0.375. The quantitative estimate of drug-likeness (QED) is 0.215. The summed E-state index contributed by atoms with van der Waals surface area (Å²) in [5, 5.41) is 6.38. The number of rotatable bonds is 9. The molecule has 2 fully saturated rings. The summed E-state index contributed by atoms with van der Waals surface area (Å²) in [4.78, 5) is 23.1. The van der Waals surface area contributed by atoms with Crippen LogP contribution >= 0.6 is 0 Å². The molecule has 3 aromatic carbocycles. The molecule has 1 atom stereocenters. The molecule has 226 valence electrons. The summed E-state index contributed by atoms with van der Waals surface area (Å²) in [7, 11) is -3.74. The Hall–Kier alpha value is -3.93. The van der Waals surface area contributed by atoms with Gasteiger partial charge in [-0.1, -0.05) is 30.3 Å². The van der Waals surface area contributed by atoms with Crippen molar-refractivity contribution in [3.8, 4) is 0 Å². The van der Waals surface area contributed by atoms with Crippen LogP contribution in [0.4, 0.5) is 17.3 Å². The molecule has 0 unspecified atom stereocenters. The van der Waals surface area contributed by atoms with Crippen LogP contribution in [0.25, 0.3) is 11.0 Å². The molecule has 0 bridgehead atoms. The maximum absolute atomic E-state index is 13.3. The van der Waals surface area contributed by atoms with E-state index in [2.05, 4.69) is 42.4 Å². The standard InChI is InChI=1S/C32H38N6O4S/c1-22(23-5-3-2-4-6-23)33-31(39)24-7-9-26(10-8-24)37-43(40,41)28-15-16-29-30(21-28)36-32(35-29)34-25-11-13-27(14-12-25)38-17-19-42-20-18-38/h2-6,11-16,21-22,24,26,37H,7-10,17-20H2,1H3,(H,33,39)(H2,34,35,36)/t22-,24?,26?/m1/s1. The number of aromatic amines is 1. The van der Waals surface area contributed by atoms with Crippen LogP contribution in [0, 0.1) is 5.92 Å². The highest BCUT2D eigenvalue weighted by molar-refractivity contribution is 7.89. The average Bonchev–Trinajstić information content (AvgIpc) is 3.44. The van der Waals surface area contributed by atoms with E-state index >= 15 is 0 Å². The zero-order valence-corrected chi connectivity index (χ0v) is 25.1. The Morgan fingerprint density at radius 1 is 0.977 bits per heavy atom. The Labute approximate surface area is 252 Å². The molecule has 0 radical (unpaired) electrons. The van der Waals surface area contributed by atoms with Gasteiger partial charge in [-0.2, -0.15) is 0 Å². The number of sulfonamides is 1.